The summed E-state index contributed by atoms with van der Waals surface area (Å²) in [7, 11) is 0. The number of rotatable bonds is 2. The number of nitrogens with zero attached hydrogens (tertiary/aromatic N) is 1. The van der Waals surface area contributed by atoms with Crippen LogP contribution in [0.4, 0.5) is 4.79 Å². The Morgan fingerprint density at radius 1 is 1.11 bits per heavy atom. The van der Waals surface area contributed by atoms with Crippen LogP contribution in [0.25, 0.3) is 0 Å². The van der Waals surface area contributed by atoms with Gasteiger partial charge < -0.3 is 19.9 Å². The van der Waals surface area contributed by atoms with E-state index in [9.17, 15) is 19.5 Å². The number of esters is 1. The van der Waals surface area contributed by atoms with Gasteiger partial charge in [0.1, 0.15) is 19.3 Å². The smallest absolute Gasteiger partial charge is 0.410 e. The molecule has 6 rings (SSSR count). The van der Waals surface area contributed by atoms with E-state index >= 15 is 0 Å². The van der Waals surface area contributed by atoms with Gasteiger partial charge in [0.25, 0.3) is 0 Å². The van der Waals surface area contributed by atoms with Crippen molar-refractivity contribution in [3.63, 3.8) is 0 Å². The van der Waals surface area contributed by atoms with Gasteiger partial charge in [-0.25, -0.2) is 9.59 Å². The van der Waals surface area contributed by atoms with Crippen LogP contribution in [-0.2, 0) is 19.1 Å². The summed E-state index contributed by atoms with van der Waals surface area (Å²) in [6, 6.07) is 0. The highest BCUT2D eigenvalue weighted by atomic mass is 16.6. The third-order valence-corrected chi connectivity index (χ3v) is 11.5. The summed E-state index contributed by atoms with van der Waals surface area (Å²) in [5.74, 6) is 1.05. The van der Waals surface area contributed by atoms with E-state index in [2.05, 4.69) is 19.2 Å². The molecule has 4 saturated carbocycles. The Morgan fingerprint density at radius 2 is 1.94 bits per heavy atom. The fourth-order valence-electron chi connectivity index (χ4n) is 9.49. The molecular formula is C28H40N2O6. The minimum atomic E-state index is -0.709. The summed E-state index contributed by atoms with van der Waals surface area (Å²) in [5, 5.41) is 15.1. The number of cyclic esters (lactones) is 1. The number of hydrogen-bond acceptors (Lipinski definition) is 6. The van der Waals surface area contributed by atoms with Crippen LogP contribution < -0.4 is 5.32 Å². The molecule has 0 aromatic rings. The Kier molecular flexibility index (Phi) is 5.71. The molecule has 1 saturated heterocycles. The number of hydrogen-bond donors (Lipinski definition) is 2. The van der Waals surface area contributed by atoms with Gasteiger partial charge >= 0.3 is 12.1 Å². The fraction of sp³-hybridized carbons (Fsp3) is 0.821. The second-order valence-corrected chi connectivity index (χ2v) is 12.8. The summed E-state index contributed by atoms with van der Waals surface area (Å²) < 4.78 is 11.1. The number of nitrogens with one attached hydrogen (secondary N) is 1. The fourth-order valence-corrected chi connectivity index (χ4v) is 9.49. The van der Waals surface area contributed by atoms with Crippen LogP contribution in [0.2, 0.25) is 0 Å². The van der Waals surface area contributed by atoms with Gasteiger partial charge in [-0.1, -0.05) is 13.8 Å². The van der Waals surface area contributed by atoms with Crippen molar-refractivity contribution >= 4 is 18.0 Å². The molecule has 0 spiro atoms. The molecule has 5 fully saturated rings. The van der Waals surface area contributed by atoms with Crippen molar-refractivity contribution in [2.75, 3.05) is 26.2 Å². The number of ether oxygens (including phenoxy) is 2. The molecule has 8 heteroatoms. The van der Waals surface area contributed by atoms with Crippen LogP contribution in [0.1, 0.15) is 71.6 Å². The summed E-state index contributed by atoms with van der Waals surface area (Å²) >= 11 is 0. The van der Waals surface area contributed by atoms with E-state index in [4.69, 9.17) is 9.47 Å². The molecule has 4 aliphatic carbocycles. The third kappa shape index (κ3) is 3.53. The highest BCUT2D eigenvalue weighted by Crippen LogP contribution is 2.70. The maximum absolute atomic E-state index is 12.7. The number of aliphatic hydroxyl groups is 1. The van der Waals surface area contributed by atoms with Gasteiger partial charge in [-0.2, -0.15) is 0 Å². The Bertz CT molecular complexity index is 997. The van der Waals surface area contributed by atoms with Crippen LogP contribution >= 0.6 is 0 Å². The molecule has 2 amide bonds. The van der Waals surface area contributed by atoms with Crippen molar-refractivity contribution in [2.45, 2.75) is 83.3 Å². The number of fused-ring (bicyclic) bond motifs is 5. The molecule has 0 unspecified atom stereocenters. The van der Waals surface area contributed by atoms with Gasteiger partial charge in [0.05, 0.1) is 5.60 Å². The largest absolute Gasteiger partial charge is 0.458 e. The molecule has 6 aliphatic rings. The van der Waals surface area contributed by atoms with Crippen molar-refractivity contribution in [3.8, 4) is 0 Å². The molecule has 2 aliphatic heterocycles. The Morgan fingerprint density at radius 3 is 2.69 bits per heavy atom. The SMILES string of the molecule is C[C@]12CC[C@H](OC(=O)N3CCNC(=O)C3)C[C@H]1CC[C@@H]1[C@@H]2CC[C@]2(C)[C@@H](C3=CC(=O)OC3)CC[C@]12O. The molecule has 8 nitrogen and oxygen atoms in total. The molecule has 2 heterocycles. The Balaban J connectivity index is 1.15. The van der Waals surface area contributed by atoms with Crippen molar-refractivity contribution < 1.29 is 29.0 Å². The topological polar surface area (TPSA) is 105 Å². The first-order valence-corrected chi connectivity index (χ1v) is 14.0. The predicted molar refractivity (Wildman–Crippen MR) is 131 cm³/mol. The first-order valence-electron chi connectivity index (χ1n) is 14.0. The van der Waals surface area contributed by atoms with E-state index in [-0.39, 0.29) is 53.3 Å². The normalized spacial score (nSPS) is 46.1. The lowest BCUT2D eigenvalue weighted by atomic mass is 9.43. The van der Waals surface area contributed by atoms with Crippen molar-refractivity contribution in [1.29, 1.82) is 0 Å². The maximum Gasteiger partial charge on any atom is 0.410 e. The Labute approximate surface area is 213 Å². The molecule has 0 radical (unpaired) electrons. The molecule has 0 aromatic carbocycles. The quantitative estimate of drug-likeness (QED) is 0.565. The lowest BCUT2D eigenvalue weighted by Crippen LogP contribution is -2.62. The van der Waals surface area contributed by atoms with Crippen molar-refractivity contribution in [2.24, 2.45) is 34.5 Å². The number of amides is 2. The van der Waals surface area contributed by atoms with Gasteiger partial charge in [-0.05, 0) is 92.4 Å². The van der Waals surface area contributed by atoms with Crippen LogP contribution in [0, 0.1) is 34.5 Å². The van der Waals surface area contributed by atoms with Gasteiger partial charge in [-0.15, -0.1) is 0 Å². The number of carbonyl (C=O) groups excluding carboxylic acids is 3. The average molecular weight is 501 g/mol. The van der Waals surface area contributed by atoms with E-state index in [0.29, 0.717) is 31.5 Å². The zero-order valence-corrected chi connectivity index (χ0v) is 21.6. The molecule has 0 bridgehead atoms. The average Bonchev–Trinajstić information content (AvgIpc) is 3.39. The Hall–Kier alpha value is -2.09. The highest BCUT2D eigenvalue weighted by Gasteiger charge is 2.67. The first kappa shape index (κ1) is 24.3. The summed E-state index contributed by atoms with van der Waals surface area (Å²) in [6.45, 7) is 6.11. The second-order valence-electron chi connectivity index (χ2n) is 12.8. The van der Waals surface area contributed by atoms with Gasteiger partial charge in [-0.3, -0.25) is 9.69 Å². The van der Waals surface area contributed by atoms with Gasteiger partial charge in [0.15, 0.2) is 0 Å². The number of piperazine rings is 1. The van der Waals surface area contributed by atoms with Gasteiger partial charge in [0.2, 0.25) is 5.91 Å². The van der Waals surface area contributed by atoms with E-state index in [0.717, 1.165) is 63.4 Å². The van der Waals surface area contributed by atoms with Crippen LogP contribution in [0.5, 0.6) is 0 Å². The van der Waals surface area contributed by atoms with Crippen LogP contribution in [0.15, 0.2) is 11.6 Å². The zero-order valence-electron chi connectivity index (χ0n) is 21.6. The molecule has 36 heavy (non-hydrogen) atoms. The zero-order chi connectivity index (χ0) is 25.3. The molecule has 8 atom stereocenters. The first-order chi connectivity index (χ1) is 17.1. The third-order valence-electron chi connectivity index (χ3n) is 11.5. The van der Waals surface area contributed by atoms with E-state index in [1.54, 1.807) is 6.08 Å². The lowest BCUT2D eigenvalue weighted by Gasteiger charge is -2.63. The van der Waals surface area contributed by atoms with Crippen molar-refractivity contribution in [1.82, 2.24) is 10.2 Å². The summed E-state index contributed by atoms with van der Waals surface area (Å²) in [5.41, 5.74) is 0.284. The predicted octanol–water partition coefficient (Wildman–Crippen LogP) is 3.18. The second kappa shape index (κ2) is 8.47. The molecule has 2 N–H and O–H groups in total. The highest BCUT2D eigenvalue weighted by molar-refractivity contribution is 5.85. The minimum absolute atomic E-state index is 0.0754. The van der Waals surface area contributed by atoms with E-state index in [1.807, 2.05) is 0 Å². The molecule has 198 valence electrons. The molecule has 0 aromatic heterocycles. The lowest BCUT2D eigenvalue weighted by molar-refractivity contribution is -0.208. The monoisotopic (exact) mass is 500 g/mol. The van der Waals surface area contributed by atoms with E-state index in [1.165, 1.54) is 4.90 Å². The maximum atomic E-state index is 12.7. The van der Waals surface area contributed by atoms with Crippen LogP contribution in [-0.4, -0.2) is 65.9 Å². The van der Waals surface area contributed by atoms with Crippen molar-refractivity contribution in [3.05, 3.63) is 11.6 Å². The van der Waals surface area contributed by atoms with E-state index < -0.39 is 5.60 Å². The van der Waals surface area contributed by atoms with Gasteiger partial charge in [0, 0.05) is 24.6 Å². The molecular weight excluding hydrogens is 460 g/mol. The standard InChI is InChI=1S/C28H40N2O6/c1-26-8-5-19(36-25(33)30-12-11-29-23(31)15-30)14-18(26)3-4-22-21(26)6-9-27(2)20(7-10-28(22,27)34)17-13-24(32)35-16-17/h13,18-22,34H,3-12,14-16H2,1-2H3,(H,29,31)/t18-,19+,20-,21+,22-,26+,27-,28+/m1/s1. The minimum Gasteiger partial charge on any atom is -0.458 e. The summed E-state index contributed by atoms with van der Waals surface area (Å²) in [6.07, 6.45) is 9.76. The number of carbonyl (C=O) groups is 3. The van der Waals surface area contributed by atoms with Crippen LogP contribution in [0.3, 0.4) is 0 Å². The summed E-state index contributed by atoms with van der Waals surface area (Å²) in [4.78, 5) is 37.6.